The summed E-state index contributed by atoms with van der Waals surface area (Å²) in [6.45, 7) is 6.55. The van der Waals surface area contributed by atoms with Gasteiger partial charge in [0.15, 0.2) is 0 Å². The molecule has 1 heterocycles. The third-order valence-electron chi connectivity index (χ3n) is 3.36. The molecule has 0 radical (unpaired) electrons. The Hall–Kier alpha value is -1.35. The standard InChI is InChI=1S/C14H20N2O/c1-11-6-3-4-7-13(11)10-16-9-5-8-15-12(2)14(16)17/h3-4,6-7,12,15H,5,8-10H2,1-2H3. The lowest BCUT2D eigenvalue weighted by Crippen LogP contribution is -2.41. The zero-order valence-corrected chi connectivity index (χ0v) is 10.6. The molecule has 1 atom stereocenters. The molecule has 1 aliphatic heterocycles. The number of nitrogens with one attached hydrogen (secondary N) is 1. The average molecular weight is 232 g/mol. The second-order valence-corrected chi connectivity index (χ2v) is 4.72. The van der Waals surface area contributed by atoms with Crippen LogP contribution in [0.1, 0.15) is 24.5 Å². The van der Waals surface area contributed by atoms with Crippen LogP contribution >= 0.6 is 0 Å². The molecule has 0 spiro atoms. The lowest BCUT2D eigenvalue weighted by molar-refractivity contribution is -0.132. The van der Waals surface area contributed by atoms with E-state index in [4.69, 9.17) is 0 Å². The molecule has 3 nitrogen and oxygen atoms in total. The molecule has 1 saturated heterocycles. The Balaban J connectivity index is 2.12. The maximum absolute atomic E-state index is 12.1. The molecule has 2 rings (SSSR count). The van der Waals surface area contributed by atoms with Crippen molar-refractivity contribution < 1.29 is 4.79 Å². The van der Waals surface area contributed by atoms with Gasteiger partial charge >= 0.3 is 0 Å². The molecule has 92 valence electrons. The van der Waals surface area contributed by atoms with E-state index in [-0.39, 0.29) is 11.9 Å². The maximum Gasteiger partial charge on any atom is 0.239 e. The van der Waals surface area contributed by atoms with Crippen molar-refractivity contribution in [2.24, 2.45) is 0 Å². The molecule has 1 unspecified atom stereocenters. The fraction of sp³-hybridized carbons (Fsp3) is 0.500. The molecule has 17 heavy (non-hydrogen) atoms. The first-order valence-corrected chi connectivity index (χ1v) is 6.25. The highest BCUT2D eigenvalue weighted by atomic mass is 16.2. The monoisotopic (exact) mass is 232 g/mol. The van der Waals surface area contributed by atoms with Crippen molar-refractivity contribution in [3.05, 3.63) is 35.4 Å². The molecular formula is C14H20N2O. The molecule has 1 aliphatic rings. The zero-order chi connectivity index (χ0) is 12.3. The fourth-order valence-electron chi connectivity index (χ4n) is 2.21. The zero-order valence-electron chi connectivity index (χ0n) is 10.6. The molecule has 0 bridgehead atoms. The van der Waals surface area contributed by atoms with Crippen molar-refractivity contribution in [1.29, 1.82) is 0 Å². The van der Waals surface area contributed by atoms with Gasteiger partial charge in [0.25, 0.3) is 0 Å². The Labute approximate surface area is 103 Å². The molecule has 1 fully saturated rings. The molecular weight excluding hydrogens is 212 g/mol. The van der Waals surface area contributed by atoms with E-state index >= 15 is 0 Å². The molecule has 1 aromatic carbocycles. The van der Waals surface area contributed by atoms with Crippen molar-refractivity contribution >= 4 is 5.91 Å². The van der Waals surface area contributed by atoms with E-state index in [2.05, 4.69) is 24.4 Å². The molecule has 0 saturated carbocycles. The lowest BCUT2D eigenvalue weighted by atomic mass is 10.1. The first-order valence-electron chi connectivity index (χ1n) is 6.25. The summed E-state index contributed by atoms with van der Waals surface area (Å²) in [6.07, 6.45) is 1.03. The maximum atomic E-state index is 12.1. The Kier molecular flexibility index (Phi) is 3.79. The number of amides is 1. The van der Waals surface area contributed by atoms with Gasteiger partial charge in [0.05, 0.1) is 6.04 Å². The number of benzene rings is 1. The van der Waals surface area contributed by atoms with Gasteiger partial charge in [-0.2, -0.15) is 0 Å². The van der Waals surface area contributed by atoms with E-state index < -0.39 is 0 Å². The van der Waals surface area contributed by atoms with Crippen LogP contribution in [0, 0.1) is 6.92 Å². The van der Waals surface area contributed by atoms with Crippen molar-refractivity contribution in [3.63, 3.8) is 0 Å². The number of nitrogens with zero attached hydrogens (tertiary/aromatic N) is 1. The van der Waals surface area contributed by atoms with Gasteiger partial charge in [0, 0.05) is 13.1 Å². The van der Waals surface area contributed by atoms with Crippen LogP contribution in [-0.4, -0.2) is 29.9 Å². The summed E-state index contributed by atoms with van der Waals surface area (Å²) >= 11 is 0. The number of hydrogen-bond donors (Lipinski definition) is 1. The SMILES string of the molecule is Cc1ccccc1CN1CCCNC(C)C1=O. The summed E-state index contributed by atoms with van der Waals surface area (Å²) in [5.41, 5.74) is 2.50. The number of carbonyl (C=O) groups excluding carboxylic acids is 1. The topological polar surface area (TPSA) is 32.3 Å². The second-order valence-electron chi connectivity index (χ2n) is 4.72. The molecule has 0 aliphatic carbocycles. The number of aryl methyl sites for hydroxylation is 1. The summed E-state index contributed by atoms with van der Waals surface area (Å²) in [4.78, 5) is 14.1. The van der Waals surface area contributed by atoms with Gasteiger partial charge in [0.1, 0.15) is 0 Å². The minimum absolute atomic E-state index is 0.0541. The highest BCUT2D eigenvalue weighted by Gasteiger charge is 2.22. The van der Waals surface area contributed by atoms with Gasteiger partial charge in [-0.05, 0) is 37.9 Å². The van der Waals surface area contributed by atoms with Gasteiger partial charge in [-0.3, -0.25) is 4.79 Å². The summed E-state index contributed by atoms with van der Waals surface area (Å²) in [7, 11) is 0. The predicted octanol–water partition coefficient (Wildman–Crippen LogP) is 1.71. The molecule has 1 amide bonds. The summed E-state index contributed by atoms with van der Waals surface area (Å²) < 4.78 is 0. The quantitative estimate of drug-likeness (QED) is 0.842. The van der Waals surface area contributed by atoms with Crippen LogP contribution in [0.5, 0.6) is 0 Å². The lowest BCUT2D eigenvalue weighted by Gasteiger charge is -2.23. The highest BCUT2D eigenvalue weighted by Crippen LogP contribution is 2.13. The second kappa shape index (κ2) is 5.32. The molecule has 3 heteroatoms. The van der Waals surface area contributed by atoms with E-state index in [0.717, 1.165) is 26.1 Å². The van der Waals surface area contributed by atoms with Crippen LogP contribution < -0.4 is 5.32 Å². The first kappa shape index (κ1) is 12.1. The Morgan fingerprint density at radius 3 is 2.94 bits per heavy atom. The van der Waals surface area contributed by atoms with Crippen LogP contribution in [-0.2, 0) is 11.3 Å². The van der Waals surface area contributed by atoms with Crippen molar-refractivity contribution in [3.8, 4) is 0 Å². The van der Waals surface area contributed by atoms with E-state index in [1.807, 2.05) is 24.0 Å². The highest BCUT2D eigenvalue weighted by molar-refractivity contribution is 5.81. The van der Waals surface area contributed by atoms with E-state index in [0.29, 0.717) is 0 Å². The fourth-order valence-corrected chi connectivity index (χ4v) is 2.21. The third-order valence-corrected chi connectivity index (χ3v) is 3.36. The normalized spacial score (nSPS) is 21.4. The minimum atomic E-state index is -0.0541. The average Bonchev–Trinajstić information content (AvgIpc) is 2.47. The largest absolute Gasteiger partial charge is 0.337 e. The number of rotatable bonds is 2. The van der Waals surface area contributed by atoms with Gasteiger partial charge in [-0.25, -0.2) is 0 Å². The van der Waals surface area contributed by atoms with Crippen LogP contribution in [0.25, 0.3) is 0 Å². The molecule has 0 aromatic heterocycles. The van der Waals surface area contributed by atoms with Crippen molar-refractivity contribution in [2.45, 2.75) is 32.9 Å². The van der Waals surface area contributed by atoms with Crippen LogP contribution in [0.2, 0.25) is 0 Å². The Bertz CT molecular complexity index is 403. The third kappa shape index (κ3) is 2.86. The summed E-state index contributed by atoms with van der Waals surface area (Å²) in [5.74, 6) is 0.214. The Morgan fingerprint density at radius 2 is 2.18 bits per heavy atom. The van der Waals surface area contributed by atoms with E-state index in [1.54, 1.807) is 0 Å². The van der Waals surface area contributed by atoms with Crippen molar-refractivity contribution in [2.75, 3.05) is 13.1 Å². The van der Waals surface area contributed by atoms with Crippen molar-refractivity contribution in [1.82, 2.24) is 10.2 Å². The summed E-state index contributed by atoms with van der Waals surface area (Å²) in [5, 5.41) is 3.23. The summed E-state index contributed by atoms with van der Waals surface area (Å²) in [6, 6.07) is 8.21. The van der Waals surface area contributed by atoms with Crippen LogP contribution in [0.15, 0.2) is 24.3 Å². The van der Waals surface area contributed by atoms with Crippen LogP contribution in [0.4, 0.5) is 0 Å². The van der Waals surface area contributed by atoms with E-state index in [1.165, 1.54) is 11.1 Å². The predicted molar refractivity (Wildman–Crippen MR) is 68.7 cm³/mol. The van der Waals surface area contributed by atoms with E-state index in [9.17, 15) is 4.79 Å². The number of carbonyl (C=O) groups is 1. The first-order chi connectivity index (χ1) is 8.18. The number of hydrogen-bond acceptors (Lipinski definition) is 2. The van der Waals surface area contributed by atoms with Gasteiger partial charge in [0.2, 0.25) is 5.91 Å². The smallest absolute Gasteiger partial charge is 0.239 e. The van der Waals surface area contributed by atoms with Crippen LogP contribution in [0.3, 0.4) is 0 Å². The van der Waals surface area contributed by atoms with Gasteiger partial charge in [-0.15, -0.1) is 0 Å². The minimum Gasteiger partial charge on any atom is -0.337 e. The molecule has 1 N–H and O–H groups in total. The Morgan fingerprint density at radius 1 is 1.41 bits per heavy atom. The van der Waals surface area contributed by atoms with Gasteiger partial charge < -0.3 is 10.2 Å². The molecule has 1 aromatic rings. The van der Waals surface area contributed by atoms with Gasteiger partial charge in [-0.1, -0.05) is 24.3 Å².